The average Bonchev–Trinajstić information content (AvgIpc) is 2.96. The van der Waals surface area contributed by atoms with Gasteiger partial charge in [-0.05, 0) is 49.6 Å². The molecule has 21 heavy (non-hydrogen) atoms. The van der Waals surface area contributed by atoms with Crippen molar-refractivity contribution in [3.05, 3.63) is 41.7 Å². The normalized spacial score (nSPS) is 16.2. The van der Waals surface area contributed by atoms with Gasteiger partial charge in [0, 0.05) is 22.5 Å². The predicted octanol–water partition coefficient (Wildman–Crippen LogP) is 4.57. The van der Waals surface area contributed by atoms with Crippen LogP contribution in [0.4, 0.5) is 5.69 Å². The first-order valence-electron chi connectivity index (χ1n) is 7.75. The Labute approximate surface area is 130 Å². The number of nitrogens with two attached hydrogens (primary N) is 1. The van der Waals surface area contributed by atoms with Crippen LogP contribution in [0.25, 0.3) is 0 Å². The molecule has 0 unspecified atom stereocenters. The number of rotatable bonds is 4. The number of aromatic nitrogens is 2. The molecule has 1 aliphatic rings. The molecule has 0 radical (unpaired) electrons. The minimum Gasteiger partial charge on any atom is -0.399 e. The lowest BCUT2D eigenvalue weighted by atomic mass is 9.96. The second-order valence-corrected chi connectivity index (χ2v) is 6.91. The Morgan fingerprint density at radius 1 is 1.24 bits per heavy atom. The van der Waals surface area contributed by atoms with Gasteiger partial charge in [-0.25, -0.2) is 0 Å². The average molecular weight is 301 g/mol. The Hall–Kier alpha value is -1.42. The highest BCUT2D eigenvalue weighted by molar-refractivity contribution is 7.98. The van der Waals surface area contributed by atoms with E-state index >= 15 is 0 Å². The van der Waals surface area contributed by atoms with Crippen LogP contribution in [0.1, 0.15) is 49.4 Å². The summed E-state index contributed by atoms with van der Waals surface area (Å²) < 4.78 is 2.19. The Kier molecular flexibility index (Phi) is 4.54. The molecule has 1 heterocycles. The number of nitrogens with zero attached hydrogens (tertiary/aromatic N) is 2. The smallest absolute Gasteiger partial charge is 0.0727 e. The van der Waals surface area contributed by atoms with Crippen molar-refractivity contribution in [2.24, 2.45) is 0 Å². The van der Waals surface area contributed by atoms with Gasteiger partial charge in [0.2, 0.25) is 0 Å². The van der Waals surface area contributed by atoms with E-state index in [4.69, 9.17) is 10.8 Å². The van der Waals surface area contributed by atoms with E-state index in [-0.39, 0.29) is 0 Å². The molecule has 0 atom stereocenters. The molecule has 2 aromatic rings. The minimum atomic E-state index is 0.621. The highest BCUT2D eigenvalue weighted by atomic mass is 32.2. The van der Waals surface area contributed by atoms with Gasteiger partial charge in [-0.3, -0.25) is 4.68 Å². The summed E-state index contributed by atoms with van der Waals surface area (Å²) in [4.78, 5) is 1.29. The SMILES string of the molecule is Cc1cc(N)ccc1SCc1ccn(C2CCCCC2)n1. The standard InChI is InChI=1S/C17H23N3S/c1-13-11-14(18)7-8-17(13)21-12-15-9-10-20(19-15)16-5-3-2-4-6-16/h7-11,16H,2-6,12,18H2,1H3. The molecule has 4 heteroatoms. The van der Waals surface area contributed by atoms with Crippen molar-refractivity contribution in [3.8, 4) is 0 Å². The maximum atomic E-state index is 5.80. The number of benzene rings is 1. The minimum absolute atomic E-state index is 0.621. The van der Waals surface area contributed by atoms with Gasteiger partial charge in [0.1, 0.15) is 0 Å². The number of hydrogen-bond donors (Lipinski definition) is 1. The molecular weight excluding hydrogens is 278 g/mol. The van der Waals surface area contributed by atoms with Crippen molar-refractivity contribution in [1.29, 1.82) is 0 Å². The molecule has 0 aliphatic heterocycles. The van der Waals surface area contributed by atoms with Crippen molar-refractivity contribution in [2.45, 2.75) is 55.7 Å². The highest BCUT2D eigenvalue weighted by Gasteiger charge is 2.16. The first kappa shape index (κ1) is 14.5. The van der Waals surface area contributed by atoms with E-state index in [1.54, 1.807) is 0 Å². The second-order valence-electron chi connectivity index (χ2n) is 5.89. The van der Waals surface area contributed by atoms with Gasteiger partial charge in [0.15, 0.2) is 0 Å². The summed E-state index contributed by atoms with van der Waals surface area (Å²) in [5.74, 6) is 0.921. The molecule has 1 aromatic heterocycles. The lowest BCUT2D eigenvalue weighted by molar-refractivity contribution is 0.328. The second kappa shape index (κ2) is 6.56. The first-order chi connectivity index (χ1) is 10.2. The number of aryl methyl sites for hydroxylation is 1. The largest absolute Gasteiger partial charge is 0.399 e. The zero-order chi connectivity index (χ0) is 14.7. The predicted molar refractivity (Wildman–Crippen MR) is 89.5 cm³/mol. The van der Waals surface area contributed by atoms with Crippen LogP contribution >= 0.6 is 11.8 Å². The van der Waals surface area contributed by atoms with E-state index in [1.165, 1.54) is 48.3 Å². The van der Waals surface area contributed by atoms with Crippen LogP contribution in [0.3, 0.4) is 0 Å². The molecule has 1 aromatic carbocycles. The lowest BCUT2D eigenvalue weighted by Crippen LogP contribution is -2.13. The molecule has 3 nitrogen and oxygen atoms in total. The monoisotopic (exact) mass is 301 g/mol. The maximum Gasteiger partial charge on any atom is 0.0727 e. The van der Waals surface area contributed by atoms with E-state index < -0.39 is 0 Å². The van der Waals surface area contributed by atoms with Crippen LogP contribution < -0.4 is 5.73 Å². The zero-order valence-electron chi connectivity index (χ0n) is 12.6. The Balaban J connectivity index is 1.61. The van der Waals surface area contributed by atoms with Crippen molar-refractivity contribution in [2.75, 3.05) is 5.73 Å². The first-order valence-corrected chi connectivity index (χ1v) is 8.74. The van der Waals surface area contributed by atoms with Gasteiger partial charge in [0.05, 0.1) is 11.7 Å². The van der Waals surface area contributed by atoms with Crippen LogP contribution in [0, 0.1) is 6.92 Å². The number of hydrogen-bond acceptors (Lipinski definition) is 3. The Morgan fingerprint density at radius 3 is 2.81 bits per heavy atom. The van der Waals surface area contributed by atoms with Crippen LogP contribution in [0.5, 0.6) is 0 Å². The zero-order valence-corrected chi connectivity index (χ0v) is 13.4. The lowest BCUT2D eigenvalue weighted by Gasteiger charge is -2.21. The number of thioether (sulfide) groups is 1. The number of anilines is 1. The summed E-state index contributed by atoms with van der Waals surface area (Å²) in [6.45, 7) is 2.11. The fraction of sp³-hybridized carbons (Fsp3) is 0.471. The van der Waals surface area contributed by atoms with Crippen molar-refractivity contribution >= 4 is 17.4 Å². The third-order valence-corrected chi connectivity index (χ3v) is 5.40. The maximum absolute atomic E-state index is 5.80. The van der Waals surface area contributed by atoms with Crippen molar-refractivity contribution < 1.29 is 0 Å². The van der Waals surface area contributed by atoms with Gasteiger partial charge in [0.25, 0.3) is 0 Å². The fourth-order valence-electron chi connectivity index (χ4n) is 2.99. The van der Waals surface area contributed by atoms with Crippen LogP contribution in [-0.2, 0) is 5.75 Å². The van der Waals surface area contributed by atoms with E-state index in [0.717, 1.165) is 11.4 Å². The summed E-state index contributed by atoms with van der Waals surface area (Å²) in [6.07, 6.45) is 8.80. The molecular formula is C17H23N3S. The van der Waals surface area contributed by atoms with Crippen LogP contribution in [0.15, 0.2) is 35.4 Å². The highest BCUT2D eigenvalue weighted by Crippen LogP contribution is 2.29. The van der Waals surface area contributed by atoms with E-state index in [1.807, 2.05) is 23.9 Å². The summed E-state index contributed by atoms with van der Waals surface area (Å²) >= 11 is 1.84. The summed E-state index contributed by atoms with van der Waals surface area (Å²) in [7, 11) is 0. The number of nitrogen functional groups attached to an aromatic ring is 1. The molecule has 112 valence electrons. The van der Waals surface area contributed by atoms with Crippen molar-refractivity contribution in [3.63, 3.8) is 0 Å². The molecule has 1 fully saturated rings. The molecule has 1 aliphatic carbocycles. The summed E-state index contributed by atoms with van der Waals surface area (Å²) in [6, 6.07) is 8.89. The molecule has 0 saturated heterocycles. The Morgan fingerprint density at radius 2 is 2.05 bits per heavy atom. The van der Waals surface area contributed by atoms with E-state index in [0.29, 0.717) is 6.04 Å². The molecule has 3 rings (SSSR count). The topological polar surface area (TPSA) is 43.8 Å². The molecule has 0 amide bonds. The van der Waals surface area contributed by atoms with E-state index in [9.17, 15) is 0 Å². The van der Waals surface area contributed by atoms with Gasteiger partial charge in [-0.1, -0.05) is 19.3 Å². The van der Waals surface area contributed by atoms with Gasteiger partial charge in [-0.2, -0.15) is 5.10 Å². The molecule has 0 bridgehead atoms. The summed E-state index contributed by atoms with van der Waals surface area (Å²) in [5, 5.41) is 4.77. The summed E-state index contributed by atoms with van der Waals surface area (Å²) in [5.41, 5.74) is 9.04. The Bertz CT molecular complexity index is 600. The fourth-order valence-corrected chi connectivity index (χ4v) is 3.90. The van der Waals surface area contributed by atoms with Crippen LogP contribution in [0.2, 0.25) is 0 Å². The van der Waals surface area contributed by atoms with Crippen molar-refractivity contribution in [1.82, 2.24) is 9.78 Å². The molecule has 0 spiro atoms. The quantitative estimate of drug-likeness (QED) is 0.664. The van der Waals surface area contributed by atoms with Crippen LogP contribution in [-0.4, -0.2) is 9.78 Å². The van der Waals surface area contributed by atoms with Gasteiger partial charge >= 0.3 is 0 Å². The molecule has 1 saturated carbocycles. The van der Waals surface area contributed by atoms with Gasteiger partial charge in [-0.15, -0.1) is 11.8 Å². The molecule has 2 N–H and O–H groups in total. The third-order valence-electron chi connectivity index (χ3n) is 4.19. The van der Waals surface area contributed by atoms with Gasteiger partial charge < -0.3 is 5.73 Å². The third kappa shape index (κ3) is 3.62. The van der Waals surface area contributed by atoms with E-state index in [2.05, 4.69) is 29.9 Å².